The third-order valence-corrected chi connectivity index (χ3v) is 1.80. The van der Waals surface area contributed by atoms with Gasteiger partial charge in [-0.1, -0.05) is 0 Å². The van der Waals surface area contributed by atoms with Crippen molar-refractivity contribution >= 4 is 11.7 Å². The second-order valence-electron chi connectivity index (χ2n) is 2.19. The molecule has 4 nitrogen and oxygen atoms in total. The van der Waals surface area contributed by atoms with E-state index in [-0.39, 0.29) is 0 Å². The van der Waals surface area contributed by atoms with Crippen LogP contribution in [0.1, 0.15) is 5.69 Å². The summed E-state index contributed by atoms with van der Waals surface area (Å²) in [5, 5.41) is 3.19. The zero-order valence-corrected chi connectivity index (χ0v) is 7.10. The first kappa shape index (κ1) is 8.58. The molecule has 0 bridgehead atoms. The maximum atomic E-state index is 5.30. The van der Waals surface area contributed by atoms with Crippen LogP contribution in [0.5, 0.6) is 0 Å². The van der Waals surface area contributed by atoms with Gasteiger partial charge in [0.2, 0.25) is 0 Å². The minimum Gasteiger partial charge on any atom is -0.329 e. The Labute approximate surface area is 70.1 Å². The van der Waals surface area contributed by atoms with E-state index in [0.717, 1.165) is 25.2 Å². The highest BCUT2D eigenvalue weighted by Gasteiger charge is 1.93. The summed E-state index contributed by atoms with van der Waals surface area (Å²) < 4.78 is 7.97. The summed E-state index contributed by atoms with van der Waals surface area (Å²) in [6.45, 7) is 2.50. The van der Waals surface area contributed by atoms with Crippen molar-refractivity contribution in [2.45, 2.75) is 6.42 Å². The molecule has 1 aromatic heterocycles. The van der Waals surface area contributed by atoms with Crippen molar-refractivity contribution in [2.24, 2.45) is 5.73 Å². The van der Waals surface area contributed by atoms with Gasteiger partial charge in [-0.25, -0.2) is 0 Å². The van der Waals surface area contributed by atoms with Gasteiger partial charge in [-0.15, -0.1) is 0 Å². The molecule has 0 spiro atoms. The van der Waals surface area contributed by atoms with Gasteiger partial charge in [-0.3, -0.25) is 0 Å². The van der Waals surface area contributed by atoms with Gasteiger partial charge in [0.1, 0.15) is 0 Å². The van der Waals surface area contributed by atoms with Crippen LogP contribution in [0.4, 0.5) is 0 Å². The quantitative estimate of drug-likeness (QED) is 0.595. The Hall–Kier alpha value is -0.520. The Kier molecular flexibility index (Phi) is 4.03. The number of hydrogen-bond donors (Lipinski definition) is 2. The van der Waals surface area contributed by atoms with Crippen molar-refractivity contribution < 1.29 is 0 Å². The third-order valence-electron chi connectivity index (χ3n) is 1.29. The van der Waals surface area contributed by atoms with Crippen molar-refractivity contribution in [3.63, 3.8) is 0 Å². The van der Waals surface area contributed by atoms with E-state index < -0.39 is 0 Å². The van der Waals surface area contributed by atoms with Gasteiger partial charge in [0.15, 0.2) is 0 Å². The summed E-state index contributed by atoms with van der Waals surface area (Å²) in [5.74, 6) is 0. The van der Waals surface area contributed by atoms with Gasteiger partial charge in [0.05, 0.1) is 23.6 Å². The lowest BCUT2D eigenvalue weighted by atomic mass is 10.3. The van der Waals surface area contributed by atoms with Gasteiger partial charge in [-0.05, 0) is 0 Å². The topological polar surface area (TPSA) is 63.8 Å². The van der Waals surface area contributed by atoms with E-state index in [9.17, 15) is 0 Å². The van der Waals surface area contributed by atoms with E-state index >= 15 is 0 Å². The molecule has 62 valence electrons. The molecular weight excluding hydrogens is 160 g/mol. The molecule has 5 heteroatoms. The van der Waals surface area contributed by atoms with Crippen molar-refractivity contribution in [2.75, 3.05) is 19.6 Å². The summed E-state index contributed by atoms with van der Waals surface area (Å²) in [6.07, 6.45) is 2.74. The third kappa shape index (κ3) is 3.41. The number of aromatic nitrogens is 2. The fourth-order valence-corrected chi connectivity index (χ4v) is 1.20. The highest BCUT2D eigenvalue weighted by Crippen LogP contribution is 1.94. The molecule has 0 saturated carbocycles. The van der Waals surface area contributed by atoms with Crippen LogP contribution in [-0.4, -0.2) is 28.4 Å². The van der Waals surface area contributed by atoms with Crippen LogP contribution in [-0.2, 0) is 6.42 Å². The largest absolute Gasteiger partial charge is 0.329 e. The number of nitrogens with two attached hydrogens (primary N) is 1. The second kappa shape index (κ2) is 5.17. The van der Waals surface area contributed by atoms with Gasteiger partial charge < -0.3 is 11.1 Å². The highest BCUT2D eigenvalue weighted by molar-refractivity contribution is 6.99. The minimum absolute atomic E-state index is 0.690. The summed E-state index contributed by atoms with van der Waals surface area (Å²) in [4.78, 5) is 0. The molecule has 0 atom stereocenters. The van der Waals surface area contributed by atoms with Crippen LogP contribution in [0.2, 0.25) is 0 Å². The van der Waals surface area contributed by atoms with E-state index in [1.165, 1.54) is 11.7 Å². The molecule has 0 aliphatic carbocycles. The summed E-state index contributed by atoms with van der Waals surface area (Å²) in [5.41, 5.74) is 6.35. The molecular formula is C6H12N4S. The number of hydrogen-bond acceptors (Lipinski definition) is 5. The maximum absolute atomic E-state index is 5.30. The average molecular weight is 172 g/mol. The van der Waals surface area contributed by atoms with E-state index in [2.05, 4.69) is 14.1 Å². The maximum Gasteiger partial charge on any atom is 0.0755 e. The average Bonchev–Trinajstić information content (AvgIpc) is 2.50. The number of nitrogens with zero attached hydrogens (tertiary/aromatic N) is 2. The van der Waals surface area contributed by atoms with E-state index in [4.69, 9.17) is 5.73 Å². The molecule has 0 aliphatic heterocycles. The van der Waals surface area contributed by atoms with E-state index in [1.807, 2.05) is 0 Å². The first-order chi connectivity index (χ1) is 5.43. The molecule has 1 rings (SSSR count). The Morgan fingerprint density at radius 2 is 2.45 bits per heavy atom. The standard InChI is InChI=1S/C6H12N4S/c7-2-4-8-3-1-6-5-9-11-10-6/h5,8H,1-4,7H2. The van der Waals surface area contributed by atoms with Crippen molar-refractivity contribution in [1.29, 1.82) is 0 Å². The SMILES string of the molecule is NCCNCCc1cnsn1. The Morgan fingerprint density at radius 3 is 3.09 bits per heavy atom. The van der Waals surface area contributed by atoms with Crippen LogP contribution in [0.3, 0.4) is 0 Å². The van der Waals surface area contributed by atoms with Crippen molar-refractivity contribution in [3.8, 4) is 0 Å². The van der Waals surface area contributed by atoms with Crippen LogP contribution < -0.4 is 11.1 Å². The first-order valence-corrected chi connectivity index (χ1v) is 4.33. The number of nitrogens with one attached hydrogen (secondary N) is 1. The van der Waals surface area contributed by atoms with Crippen LogP contribution >= 0.6 is 11.7 Å². The molecule has 0 unspecified atom stereocenters. The first-order valence-electron chi connectivity index (χ1n) is 3.60. The van der Waals surface area contributed by atoms with Gasteiger partial charge in [-0.2, -0.15) is 8.75 Å². The monoisotopic (exact) mass is 172 g/mol. The number of rotatable bonds is 5. The molecule has 0 saturated heterocycles. The summed E-state index contributed by atoms with van der Waals surface area (Å²) in [6, 6.07) is 0. The van der Waals surface area contributed by atoms with Crippen LogP contribution in [0, 0.1) is 0 Å². The van der Waals surface area contributed by atoms with Crippen LogP contribution in [0.25, 0.3) is 0 Å². The Balaban J connectivity index is 2.04. The minimum atomic E-state index is 0.690. The second-order valence-corrected chi connectivity index (χ2v) is 2.74. The molecule has 1 heterocycles. The lowest BCUT2D eigenvalue weighted by Crippen LogP contribution is -2.24. The summed E-state index contributed by atoms with van der Waals surface area (Å²) in [7, 11) is 0. The fraction of sp³-hybridized carbons (Fsp3) is 0.667. The lowest BCUT2D eigenvalue weighted by Gasteiger charge is -1.98. The molecule has 1 aromatic rings. The predicted molar refractivity (Wildman–Crippen MR) is 45.5 cm³/mol. The molecule has 11 heavy (non-hydrogen) atoms. The van der Waals surface area contributed by atoms with Crippen LogP contribution in [0.15, 0.2) is 6.20 Å². The van der Waals surface area contributed by atoms with Crippen molar-refractivity contribution in [3.05, 3.63) is 11.9 Å². The van der Waals surface area contributed by atoms with Gasteiger partial charge in [0.25, 0.3) is 0 Å². The molecule has 0 aromatic carbocycles. The normalized spacial score (nSPS) is 10.3. The lowest BCUT2D eigenvalue weighted by molar-refractivity contribution is 0.684. The predicted octanol–water partition coefficient (Wildman–Crippen LogP) is -0.371. The molecule has 3 N–H and O–H groups in total. The Morgan fingerprint density at radius 1 is 1.55 bits per heavy atom. The zero-order chi connectivity index (χ0) is 7.94. The molecule has 0 amide bonds. The Bertz CT molecular complexity index is 175. The smallest absolute Gasteiger partial charge is 0.0755 e. The summed E-state index contributed by atoms with van der Waals surface area (Å²) >= 11 is 1.25. The van der Waals surface area contributed by atoms with Crippen molar-refractivity contribution in [1.82, 2.24) is 14.1 Å². The van der Waals surface area contributed by atoms with E-state index in [1.54, 1.807) is 6.20 Å². The highest BCUT2D eigenvalue weighted by atomic mass is 32.1. The molecule has 0 fully saturated rings. The zero-order valence-electron chi connectivity index (χ0n) is 6.29. The van der Waals surface area contributed by atoms with Gasteiger partial charge >= 0.3 is 0 Å². The molecule has 0 radical (unpaired) electrons. The van der Waals surface area contributed by atoms with E-state index in [0.29, 0.717) is 6.54 Å². The molecule has 0 aliphatic rings. The fourth-order valence-electron chi connectivity index (χ4n) is 0.738. The van der Waals surface area contributed by atoms with Gasteiger partial charge in [0, 0.05) is 26.1 Å².